The predicted octanol–water partition coefficient (Wildman–Crippen LogP) is 1.91. The van der Waals surface area contributed by atoms with Crippen molar-refractivity contribution in [1.82, 2.24) is 4.98 Å². The summed E-state index contributed by atoms with van der Waals surface area (Å²) in [5.74, 6) is -0.371. The molecule has 0 aliphatic carbocycles. The first-order chi connectivity index (χ1) is 8.13. The number of rotatable bonds is 4. The van der Waals surface area contributed by atoms with E-state index in [0.29, 0.717) is 18.9 Å². The molecular weight excluding hydrogens is 240 g/mol. The van der Waals surface area contributed by atoms with E-state index in [1.807, 2.05) is 0 Å². The lowest BCUT2D eigenvalue weighted by molar-refractivity contribution is 0.0520. The Hall–Kier alpha value is -1.14. The van der Waals surface area contributed by atoms with Gasteiger partial charge in [-0.3, -0.25) is 0 Å². The summed E-state index contributed by atoms with van der Waals surface area (Å²) >= 11 is 1.41. The van der Waals surface area contributed by atoms with Gasteiger partial charge in [-0.1, -0.05) is 0 Å². The van der Waals surface area contributed by atoms with Crippen LogP contribution in [-0.4, -0.2) is 36.3 Å². The van der Waals surface area contributed by atoms with Crippen molar-refractivity contribution >= 4 is 22.4 Å². The van der Waals surface area contributed by atoms with E-state index >= 15 is 0 Å². The highest BCUT2D eigenvalue weighted by Gasteiger charge is 2.30. The van der Waals surface area contributed by atoms with Gasteiger partial charge in [-0.2, -0.15) is 0 Å². The zero-order valence-electron chi connectivity index (χ0n) is 9.99. The van der Waals surface area contributed by atoms with Crippen LogP contribution in [0, 0.1) is 0 Å². The van der Waals surface area contributed by atoms with Crippen LogP contribution in [0.15, 0.2) is 5.38 Å². The smallest absolute Gasteiger partial charge is 0.357 e. The molecule has 0 aromatic carbocycles. The highest BCUT2D eigenvalue weighted by molar-refractivity contribution is 7.13. The molecule has 2 heterocycles. The van der Waals surface area contributed by atoms with Crippen molar-refractivity contribution < 1.29 is 14.3 Å². The normalized spacial score (nSPS) is 23.6. The van der Waals surface area contributed by atoms with Gasteiger partial charge < -0.3 is 14.8 Å². The number of nitrogens with zero attached hydrogens (tertiary/aromatic N) is 1. The second-order valence-electron chi connectivity index (χ2n) is 4.25. The number of esters is 1. The third-order valence-corrected chi connectivity index (χ3v) is 3.37. The number of thiazole rings is 1. The van der Waals surface area contributed by atoms with Crippen LogP contribution in [0.3, 0.4) is 0 Å². The highest BCUT2D eigenvalue weighted by Crippen LogP contribution is 2.26. The van der Waals surface area contributed by atoms with Gasteiger partial charge in [0.25, 0.3) is 0 Å². The summed E-state index contributed by atoms with van der Waals surface area (Å²) < 4.78 is 10.2. The third kappa shape index (κ3) is 2.95. The molecule has 0 bridgehead atoms. The van der Waals surface area contributed by atoms with E-state index in [-0.39, 0.29) is 11.5 Å². The van der Waals surface area contributed by atoms with Gasteiger partial charge in [0.15, 0.2) is 10.8 Å². The highest BCUT2D eigenvalue weighted by atomic mass is 32.1. The molecule has 2 rings (SSSR count). The van der Waals surface area contributed by atoms with Gasteiger partial charge in [0, 0.05) is 12.0 Å². The standard InChI is InChI=1S/C11H16N2O3S/c1-3-16-9(14)8-6-17-10(12-8)13-11(2)4-5-15-7-11/h6H,3-5,7H2,1-2H3,(H,12,13). The zero-order chi connectivity index (χ0) is 12.3. The summed E-state index contributed by atoms with van der Waals surface area (Å²) in [4.78, 5) is 15.7. The summed E-state index contributed by atoms with van der Waals surface area (Å²) in [5.41, 5.74) is 0.283. The summed E-state index contributed by atoms with van der Waals surface area (Å²) in [6.07, 6.45) is 0.946. The Morgan fingerprint density at radius 1 is 1.76 bits per heavy atom. The number of anilines is 1. The quantitative estimate of drug-likeness (QED) is 0.834. The van der Waals surface area contributed by atoms with Gasteiger partial charge >= 0.3 is 5.97 Å². The maximum atomic E-state index is 11.4. The van der Waals surface area contributed by atoms with Crippen LogP contribution in [0.4, 0.5) is 5.13 Å². The van der Waals surface area contributed by atoms with Crippen LogP contribution in [0.2, 0.25) is 0 Å². The Morgan fingerprint density at radius 2 is 2.59 bits per heavy atom. The van der Waals surface area contributed by atoms with Crippen molar-refractivity contribution in [2.45, 2.75) is 25.8 Å². The minimum atomic E-state index is -0.371. The fraction of sp³-hybridized carbons (Fsp3) is 0.636. The minimum Gasteiger partial charge on any atom is -0.461 e. The molecule has 1 aromatic heterocycles. The molecule has 1 unspecified atom stereocenters. The molecule has 5 nitrogen and oxygen atoms in total. The number of hydrogen-bond donors (Lipinski definition) is 1. The van der Waals surface area contributed by atoms with E-state index in [1.54, 1.807) is 12.3 Å². The fourth-order valence-electron chi connectivity index (χ4n) is 1.65. The molecule has 1 atom stereocenters. The van der Waals surface area contributed by atoms with Gasteiger partial charge in [-0.25, -0.2) is 9.78 Å². The van der Waals surface area contributed by atoms with Crippen LogP contribution in [-0.2, 0) is 9.47 Å². The van der Waals surface area contributed by atoms with Crippen LogP contribution >= 0.6 is 11.3 Å². The molecule has 1 fully saturated rings. The number of aromatic nitrogens is 1. The van der Waals surface area contributed by atoms with E-state index in [2.05, 4.69) is 17.2 Å². The van der Waals surface area contributed by atoms with Gasteiger partial charge in [0.05, 0.1) is 18.8 Å². The lowest BCUT2D eigenvalue weighted by Gasteiger charge is -2.22. The first-order valence-corrected chi connectivity index (χ1v) is 6.49. The molecule has 1 aliphatic heterocycles. The van der Waals surface area contributed by atoms with Crippen LogP contribution in [0.25, 0.3) is 0 Å². The molecule has 1 aromatic rings. The second-order valence-corrected chi connectivity index (χ2v) is 5.10. The largest absolute Gasteiger partial charge is 0.461 e. The lowest BCUT2D eigenvalue weighted by atomic mass is 10.0. The molecule has 17 heavy (non-hydrogen) atoms. The van der Waals surface area contributed by atoms with Crippen molar-refractivity contribution in [3.8, 4) is 0 Å². The SMILES string of the molecule is CCOC(=O)c1csc(NC2(C)CCOC2)n1. The van der Waals surface area contributed by atoms with E-state index < -0.39 is 0 Å². The molecule has 0 spiro atoms. The number of carbonyl (C=O) groups is 1. The topological polar surface area (TPSA) is 60.5 Å². The predicted molar refractivity (Wildman–Crippen MR) is 65.5 cm³/mol. The maximum Gasteiger partial charge on any atom is 0.357 e. The van der Waals surface area contributed by atoms with Gasteiger partial charge in [0.2, 0.25) is 0 Å². The number of ether oxygens (including phenoxy) is 2. The first kappa shape index (κ1) is 12.3. The fourth-order valence-corrected chi connectivity index (χ4v) is 2.48. The first-order valence-electron chi connectivity index (χ1n) is 5.61. The summed E-state index contributed by atoms with van der Waals surface area (Å²) in [6, 6.07) is 0. The molecule has 0 radical (unpaired) electrons. The van der Waals surface area contributed by atoms with Gasteiger partial charge in [-0.15, -0.1) is 11.3 Å². The summed E-state index contributed by atoms with van der Waals surface area (Å²) in [6.45, 7) is 5.66. The molecule has 0 amide bonds. The Labute approximate surface area is 104 Å². The Bertz CT molecular complexity index is 399. The molecule has 1 saturated heterocycles. The maximum absolute atomic E-state index is 11.4. The third-order valence-electron chi connectivity index (χ3n) is 2.62. The average Bonchev–Trinajstić information content (AvgIpc) is 2.89. The zero-order valence-corrected chi connectivity index (χ0v) is 10.8. The number of nitrogens with one attached hydrogen (secondary N) is 1. The second kappa shape index (κ2) is 5.01. The lowest BCUT2D eigenvalue weighted by Crippen LogP contribution is -2.34. The van der Waals surface area contributed by atoms with Crippen molar-refractivity contribution in [3.05, 3.63) is 11.1 Å². The van der Waals surface area contributed by atoms with Crippen molar-refractivity contribution in [2.75, 3.05) is 25.1 Å². The van der Waals surface area contributed by atoms with E-state index in [0.717, 1.165) is 18.2 Å². The molecule has 94 valence electrons. The van der Waals surface area contributed by atoms with E-state index in [4.69, 9.17) is 9.47 Å². The number of carbonyl (C=O) groups excluding carboxylic acids is 1. The van der Waals surface area contributed by atoms with Crippen LogP contribution in [0.5, 0.6) is 0 Å². The Kier molecular flexibility index (Phi) is 3.63. The van der Waals surface area contributed by atoms with Gasteiger partial charge in [0.1, 0.15) is 0 Å². The molecule has 1 aliphatic rings. The van der Waals surface area contributed by atoms with Crippen LogP contribution in [0.1, 0.15) is 30.8 Å². The van der Waals surface area contributed by atoms with Crippen molar-refractivity contribution in [3.63, 3.8) is 0 Å². The molecular formula is C11H16N2O3S. The monoisotopic (exact) mass is 256 g/mol. The Balaban J connectivity index is 2.00. The van der Waals surface area contributed by atoms with E-state index in [1.165, 1.54) is 11.3 Å². The van der Waals surface area contributed by atoms with Crippen molar-refractivity contribution in [2.24, 2.45) is 0 Å². The average molecular weight is 256 g/mol. The Morgan fingerprint density at radius 3 is 3.24 bits per heavy atom. The molecule has 0 saturated carbocycles. The number of hydrogen-bond acceptors (Lipinski definition) is 6. The summed E-state index contributed by atoms with van der Waals surface area (Å²) in [7, 11) is 0. The minimum absolute atomic E-state index is 0.0796. The van der Waals surface area contributed by atoms with E-state index in [9.17, 15) is 4.79 Å². The molecule has 6 heteroatoms. The van der Waals surface area contributed by atoms with Crippen molar-refractivity contribution in [1.29, 1.82) is 0 Å². The molecule has 1 N–H and O–H groups in total. The van der Waals surface area contributed by atoms with Gasteiger partial charge in [-0.05, 0) is 20.3 Å². The summed E-state index contributed by atoms with van der Waals surface area (Å²) in [5, 5.41) is 5.75. The van der Waals surface area contributed by atoms with Crippen LogP contribution < -0.4 is 5.32 Å².